The van der Waals surface area contributed by atoms with E-state index in [-0.39, 0.29) is 0 Å². The number of anilines is 1. The van der Waals surface area contributed by atoms with E-state index in [0.29, 0.717) is 22.3 Å². The van der Waals surface area contributed by atoms with Crippen LogP contribution in [-0.4, -0.2) is 24.2 Å². The van der Waals surface area contributed by atoms with Crippen LogP contribution in [0.15, 0.2) is 65.9 Å². The van der Waals surface area contributed by atoms with E-state index in [0.717, 1.165) is 22.3 Å². The topological polar surface area (TPSA) is 46.5 Å². The summed E-state index contributed by atoms with van der Waals surface area (Å²) < 4.78 is 40.5. The molecule has 0 aliphatic heterocycles. The molecular weight excluding hydrogens is 426 g/mol. The van der Waals surface area contributed by atoms with Crippen molar-refractivity contribution in [3.05, 3.63) is 70.8 Å². The number of hydrogen-bond donors (Lipinski definition) is 1. The summed E-state index contributed by atoms with van der Waals surface area (Å²) >= 11 is 12.3. The lowest BCUT2D eigenvalue weighted by Crippen LogP contribution is -2.16. The smallest absolute Gasteiger partial charge is 0.422 e. The number of nitrogens with one attached hydrogen (secondary N) is 1. The van der Waals surface area contributed by atoms with Gasteiger partial charge in [-0.1, -0.05) is 53.5 Å². The molecule has 3 aromatic rings. The first-order chi connectivity index (χ1) is 13.8. The van der Waals surface area contributed by atoms with Crippen LogP contribution in [0, 0.1) is 0 Å². The SMILES string of the molecule is FC(F)(F)CO/C=N/Nc1cc(-c2ccc(Cl)cc2)c(-c2ccccc2Cl)cn1. The molecule has 3 rings (SSSR count). The van der Waals surface area contributed by atoms with Crippen LogP contribution in [0.2, 0.25) is 10.0 Å². The number of nitrogens with zero attached hydrogens (tertiary/aromatic N) is 2. The van der Waals surface area contributed by atoms with Crippen LogP contribution < -0.4 is 5.43 Å². The Bertz CT molecular complexity index is 1010. The fourth-order valence-electron chi connectivity index (χ4n) is 2.54. The molecule has 0 unspecified atom stereocenters. The second-order valence-corrected chi connectivity index (χ2v) is 6.72. The Labute approximate surface area is 174 Å². The van der Waals surface area contributed by atoms with E-state index in [2.05, 4.69) is 20.2 Å². The van der Waals surface area contributed by atoms with Crippen molar-refractivity contribution in [2.75, 3.05) is 12.0 Å². The number of halogens is 5. The molecular formula is C20H14Cl2F3N3O. The summed E-state index contributed by atoms with van der Waals surface area (Å²) in [5.41, 5.74) is 5.76. The molecule has 0 aliphatic carbocycles. The van der Waals surface area contributed by atoms with Gasteiger partial charge in [0.25, 0.3) is 0 Å². The second kappa shape index (κ2) is 9.15. The van der Waals surface area contributed by atoms with Crippen LogP contribution in [0.3, 0.4) is 0 Å². The third-order valence-electron chi connectivity index (χ3n) is 3.78. The Morgan fingerprint density at radius 2 is 1.72 bits per heavy atom. The molecule has 0 aliphatic rings. The summed E-state index contributed by atoms with van der Waals surface area (Å²) in [6, 6.07) is 16.2. The predicted molar refractivity (Wildman–Crippen MR) is 109 cm³/mol. The first-order valence-corrected chi connectivity index (χ1v) is 9.06. The summed E-state index contributed by atoms with van der Waals surface area (Å²) in [5, 5.41) is 4.76. The minimum atomic E-state index is -4.43. The van der Waals surface area contributed by atoms with Gasteiger partial charge in [0, 0.05) is 27.4 Å². The molecule has 2 aromatic carbocycles. The second-order valence-electron chi connectivity index (χ2n) is 5.87. The maximum atomic E-state index is 12.1. The number of pyridine rings is 1. The average molecular weight is 440 g/mol. The molecule has 0 radical (unpaired) electrons. The van der Waals surface area contributed by atoms with Gasteiger partial charge in [-0.2, -0.15) is 13.2 Å². The van der Waals surface area contributed by atoms with E-state index in [1.165, 1.54) is 0 Å². The predicted octanol–water partition coefficient (Wildman–Crippen LogP) is 6.66. The minimum absolute atomic E-state index is 0.317. The Hall–Kier alpha value is -2.77. The molecule has 1 aromatic heterocycles. The zero-order valence-corrected chi connectivity index (χ0v) is 16.3. The Morgan fingerprint density at radius 1 is 1.00 bits per heavy atom. The van der Waals surface area contributed by atoms with Crippen molar-refractivity contribution in [3.63, 3.8) is 0 Å². The Morgan fingerprint density at radius 3 is 2.41 bits per heavy atom. The number of alkyl halides is 3. The third kappa shape index (κ3) is 5.85. The van der Waals surface area contributed by atoms with E-state index < -0.39 is 12.8 Å². The fraction of sp³-hybridized carbons (Fsp3) is 0.100. The van der Waals surface area contributed by atoms with Crippen molar-refractivity contribution >= 4 is 35.4 Å². The Kier molecular flexibility index (Phi) is 6.61. The molecule has 4 nitrogen and oxygen atoms in total. The van der Waals surface area contributed by atoms with Gasteiger partial charge in [0.05, 0.1) is 0 Å². The highest BCUT2D eigenvalue weighted by molar-refractivity contribution is 6.33. The Balaban J connectivity index is 1.91. The maximum absolute atomic E-state index is 12.1. The molecule has 9 heteroatoms. The van der Waals surface area contributed by atoms with E-state index in [1.807, 2.05) is 30.3 Å². The van der Waals surface area contributed by atoms with Gasteiger partial charge in [-0.15, -0.1) is 5.10 Å². The van der Waals surface area contributed by atoms with E-state index in [9.17, 15) is 13.2 Å². The van der Waals surface area contributed by atoms with E-state index in [1.54, 1.807) is 30.5 Å². The van der Waals surface area contributed by atoms with Gasteiger partial charge >= 0.3 is 6.18 Å². The zero-order valence-electron chi connectivity index (χ0n) is 14.8. The quantitative estimate of drug-likeness (QED) is 0.265. The normalized spacial score (nSPS) is 11.6. The molecule has 0 atom stereocenters. The van der Waals surface area contributed by atoms with Gasteiger partial charge in [-0.05, 0) is 35.4 Å². The van der Waals surface area contributed by atoms with Crippen molar-refractivity contribution in [2.24, 2.45) is 5.10 Å². The van der Waals surface area contributed by atoms with E-state index >= 15 is 0 Å². The molecule has 0 saturated carbocycles. The van der Waals surface area contributed by atoms with Crippen LogP contribution in [0.5, 0.6) is 0 Å². The van der Waals surface area contributed by atoms with Gasteiger partial charge in [0.2, 0.25) is 0 Å². The highest BCUT2D eigenvalue weighted by Gasteiger charge is 2.27. The van der Waals surface area contributed by atoms with Crippen molar-refractivity contribution in [1.82, 2.24) is 4.98 Å². The van der Waals surface area contributed by atoms with Crippen molar-refractivity contribution in [2.45, 2.75) is 6.18 Å². The third-order valence-corrected chi connectivity index (χ3v) is 4.36. The summed E-state index contributed by atoms with van der Waals surface area (Å²) in [6.07, 6.45) is -2.14. The van der Waals surface area contributed by atoms with Crippen LogP contribution in [0.1, 0.15) is 0 Å². The molecule has 0 spiro atoms. The van der Waals surface area contributed by atoms with E-state index in [4.69, 9.17) is 23.2 Å². The molecule has 0 amide bonds. The summed E-state index contributed by atoms with van der Waals surface area (Å²) in [6.45, 7) is -1.42. The number of rotatable bonds is 6. The number of hydrogen-bond acceptors (Lipinski definition) is 4. The van der Waals surface area contributed by atoms with Gasteiger partial charge in [-0.25, -0.2) is 4.98 Å². The van der Waals surface area contributed by atoms with Gasteiger partial charge in [0.1, 0.15) is 5.82 Å². The van der Waals surface area contributed by atoms with Gasteiger partial charge in [0.15, 0.2) is 13.0 Å². The zero-order chi connectivity index (χ0) is 20.9. The standard InChI is InChI=1S/C20H14Cl2F3N3O/c21-14-7-5-13(6-8-14)16-9-19(28-27-12-29-11-20(23,24)25)26-10-17(16)15-3-1-2-4-18(15)22/h1-10,12H,11H2,(H,26,28)/b27-12+. The monoisotopic (exact) mass is 439 g/mol. The first kappa shape index (κ1) is 21.0. The van der Waals surface area contributed by atoms with Crippen LogP contribution in [0.4, 0.5) is 19.0 Å². The molecule has 1 N–H and O–H groups in total. The average Bonchev–Trinajstić information content (AvgIpc) is 2.68. The first-order valence-electron chi connectivity index (χ1n) is 8.30. The molecule has 29 heavy (non-hydrogen) atoms. The lowest BCUT2D eigenvalue weighted by atomic mass is 9.96. The van der Waals surface area contributed by atoms with Crippen molar-refractivity contribution in [3.8, 4) is 22.3 Å². The number of aromatic nitrogens is 1. The molecule has 0 bridgehead atoms. The summed E-state index contributed by atoms with van der Waals surface area (Å²) in [4.78, 5) is 4.26. The summed E-state index contributed by atoms with van der Waals surface area (Å²) in [7, 11) is 0. The number of hydrazone groups is 1. The van der Waals surface area contributed by atoms with Gasteiger partial charge < -0.3 is 4.74 Å². The van der Waals surface area contributed by atoms with Crippen LogP contribution >= 0.6 is 23.2 Å². The largest absolute Gasteiger partial charge is 0.472 e. The molecule has 150 valence electrons. The fourth-order valence-corrected chi connectivity index (χ4v) is 2.90. The van der Waals surface area contributed by atoms with Crippen molar-refractivity contribution in [1.29, 1.82) is 0 Å². The highest BCUT2D eigenvalue weighted by Crippen LogP contribution is 2.37. The van der Waals surface area contributed by atoms with Crippen molar-refractivity contribution < 1.29 is 17.9 Å². The molecule has 1 heterocycles. The molecule has 0 saturated heterocycles. The lowest BCUT2D eigenvalue weighted by Gasteiger charge is -2.13. The lowest BCUT2D eigenvalue weighted by molar-refractivity contribution is -0.155. The maximum Gasteiger partial charge on any atom is 0.422 e. The van der Waals surface area contributed by atoms with Crippen LogP contribution in [0.25, 0.3) is 22.3 Å². The summed E-state index contributed by atoms with van der Waals surface area (Å²) in [5.74, 6) is 0.317. The van der Waals surface area contributed by atoms with Gasteiger partial charge in [-0.3, -0.25) is 5.43 Å². The highest BCUT2D eigenvalue weighted by atomic mass is 35.5. The number of ether oxygens (including phenoxy) is 1. The molecule has 0 fully saturated rings. The minimum Gasteiger partial charge on any atom is -0.472 e. The number of benzene rings is 2. The van der Waals surface area contributed by atoms with Crippen LogP contribution in [-0.2, 0) is 4.74 Å².